The Morgan fingerprint density at radius 1 is 1.17 bits per heavy atom. The Kier molecular flexibility index (Phi) is 5.43. The number of ether oxygens (including phenoxy) is 2. The van der Waals surface area contributed by atoms with Crippen LogP contribution in [0.25, 0.3) is 0 Å². The number of carbonyl (C=O) groups is 1. The summed E-state index contributed by atoms with van der Waals surface area (Å²) in [6, 6.07) is 15.7. The molecule has 1 aliphatic heterocycles. The fraction of sp³-hybridized carbons (Fsp3) is 0.316. The molecule has 2 aromatic rings. The van der Waals surface area contributed by atoms with Crippen LogP contribution in [0, 0.1) is 5.82 Å². The van der Waals surface area contributed by atoms with Crippen molar-refractivity contribution in [1.29, 1.82) is 0 Å². The summed E-state index contributed by atoms with van der Waals surface area (Å²) >= 11 is 0. The van der Waals surface area contributed by atoms with Crippen LogP contribution in [0.2, 0.25) is 0 Å². The Hall–Kier alpha value is -2.40. The predicted molar refractivity (Wildman–Crippen MR) is 88.2 cm³/mol. The van der Waals surface area contributed by atoms with Gasteiger partial charge in [0, 0.05) is 6.54 Å². The molecule has 0 aromatic heterocycles. The van der Waals surface area contributed by atoms with Gasteiger partial charge in [-0.1, -0.05) is 30.3 Å². The van der Waals surface area contributed by atoms with Gasteiger partial charge < -0.3 is 14.4 Å². The molecule has 0 N–H and O–H groups in total. The SMILES string of the molecule is O=C(CCOc1ccc(F)cc1)N1CCOC(c2ccccc2)C1. The topological polar surface area (TPSA) is 38.8 Å². The van der Waals surface area contributed by atoms with Gasteiger partial charge in [0.05, 0.1) is 26.2 Å². The van der Waals surface area contributed by atoms with Crippen molar-refractivity contribution < 1.29 is 18.7 Å². The fourth-order valence-electron chi connectivity index (χ4n) is 2.69. The largest absolute Gasteiger partial charge is 0.493 e. The number of halogens is 1. The van der Waals surface area contributed by atoms with Gasteiger partial charge in [-0.2, -0.15) is 0 Å². The third-order valence-electron chi connectivity index (χ3n) is 3.99. The van der Waals surface area contributed by atoms with Gasteiger partial charge in [0.25, 0.3) is 0 Å². The number of amides is 1. The summed E-state index contributed by atoms with van der Waals surface area (Å²) in [5.41, 5.74) is 1.08. The standard InChI is InChI=1S/C19H20FNO3/c20-16-6-8-17(9-7-16)23-12-10-19(22)21-11-13-24-18(14-21)15-4-2-1-3-5-15/h1-9,18H,10-14H2. The first-order valence-corrected chi connectivity index (χ1v) is 8.05. The van der Waals surface area contributed by atoms with Crippen molar-refractivity contribution in [2.45, 2.75) is 12.5 Å². The third-order valence-corrected chi connectivity index (χ3v) is 3.99. The van der Waals surface area contributed by atoms with E-state index in [9.17, 15) is 9.18 Å². The maximum absolute atomic E-state index is 12.8. The smallest absolute Gasteiger partial charge is 0.226 e. The summed E-state index contributed by atoms with van der Waals surface area (Å²) in [6.45, 7) is 1.96. The predicted octanol–water partition coefficient (Wildman–Crippen LogP) is 3.19. The van der Waals surface area contributed by atoms with Crippen LogP contribution < -0.4 is 4.74 Å². The first-order valence-electron chi connectivity index (χ1n) is 8.05. The van der Waals surface area contributed by atoms with Gasteiger partial charge in [-0.3, -0.25) is 4.79 Å². The normalized spacial score (nSPS) is 17.5. The molecule has 0 spiro atoms. The lowest BCUT2D eigenvalue weighted by molar-refractivity contribution is -0.139. The molecule has 0 aliphatic carbocycles. The highest BCUT2D eigenvalue weighted by atomic mass is 19.1. The molecule has 1 saturated heterocycles. The molecule has 1 amide bonds. The summed E-state index contributed by atoms with van der Waals surface area (Å²) in [5.74, 6) is 0.299. The van der Waals surface area contributed by atoms with Crippen molar-refractivity contribution in [1.82, 2.24) is 4.90 Å². The number of morpholine rings is 1. The molecule has 1 unspecified atom stereocenters. The van der Waals surface area contributed by atoms with Crippen LogP contribution in [-0.2, 0) is 9.53 Å². The van der Waals surface area contributed by atoms with Crippen LogP contribution in [-0.4, -0.2) is 37.1 Å². The van der Waals surface area contributed by atoms with Crippen LogP contribution in [0.1, 0.15) is 18.1 Å². The van der Waals surface area contributed by atoms with E-state index in [0.717, 1.165) is 5.56 Å². The zero-order valence-electron chi connectivity index (χ0n) is 13.4. The minimum atomic E-state index is -0.307. The Morgan fingerprint density at radius 3 is 2.67 bits per heavy atom. The van der Waals surface area contributed by atoms with Crippen molar-refractivity contribution in [3.63, 3.8) is 0 Å². The van der Waals surface area contributed by atoms with Gasteiger partial charge in [0.1, 0.15) is 17.7 Å². The van der Waals surface area contributed by atoms with E-state index < -0.39 is 0 Å². The first kappa shape index (κ1) is 16.5. The van der Waals surface area contributed by atoms with Crippen LogP contribution in [0.3, 0.4) is 0 Å². The van der Waals surface area contributed by atoms with Crippen LogP contribution >= 0.6 is 0 Å². The summed E-state index contributed by atoms with van der Waals surface area (Å²) in [5, 5.41) is 0. The average molecular weight is 329 g/mol. The highest BCUT2D eigenvalue weighted by molar-refractivity contribution is 5.76. The molecule has 2 aromatic carbocycles. The number of rotatable bonds is 5. The van der Waals surface area contributed by atoms with E-state index >= 15 is 0 Å². The van der Waals surface area contributed by atoms with E-state index in [0.29, 0.717) is 31.9 Å². The Labute approximate surface area is 140 Å². The molecule has 4 nitrogen and oxygen atoms in total. The second-order valence-corrected chi connectivity index (χ2v) is 5.66. The van der Waals surface area contributed by atoms with E-state index in [2.05, 4.69) is 0 Å². The van der Waals surface area contributed by atoms with Crippen molar-refractivity contribution in [2.24, 2.45) is 0 Å². The maximum atomic E-state index is 12.8. The van der Waals surface area contributed by atoms with Gasteiger partial charge >= 0.3 is 0 Å². The van der Waals surface area contributed by atoms with Gasteiger partial charge in [-0.15, -0.1) is 0 Å². The Bertz CT molecular complexity index is 660. The summed E-state index contributed by atoms with van der Waals surface area (Å²) < 4.78 is 24.1. The van der Waals surface area contributed by atoms with Crippen LogP contribution in [0.15, 0.2) is 54.6 Å². The molecule has 0 radical (unpaired) electrons. The molecular weight excluding hydrogens is 309 g/mol. The van der Waals surface area contributed by atoms with Gasteiger partial charge in [0.2, 0.25) is 5.91 Å². The zero-order valence-corrected chi connectivity index (χ0v) is 13.4. The summed E-state index contributed by atoms with van der Waals surface area (Å²) in [6.07, 6.45) is 0.209. The average Bonchev–Trinajstić information content (AvgIpc) is 2.64. The van der Waals surface area contributed by atoms with Crippen LogP contribution in [0.5, 0.6) is 5.75 Å². The van der Waals surface area contributed by atoms with E-state index in [4.69, 9.17) is 9.47 Å². The van der Waals surface area contributed by atoms with Gasteiger partial charge in [0.15, 0.2) is 0 Å². The highest BCUT2D eigenvalue weighted by Crippen LogP contribution is 2.22. The van der Waals surface area contributed by atoms with Gasteiger partial charge in [-0.05, 0) is 29.8 Å². The van der Waals surface area contributed by atoms with Crippen molar-refractivity contribution in [2.75, 3.05) is 26.3 Å². The molecular formula is C19H20FNO3. The molecule has 126 valence electrons. The molecule has 3 rings (SSSR count). The molecule has 1 aliphatic rings. The Morgan fingerprint density at radius 2 is 1.92 bits per heavy atom. The number of carbonyl (C=O) groups excluding carboxylic acids is 1. The molecule has 1 atom stereocenters. The number of hydrogen-bond acceptors (Lipinski definition) is 3. The minimum Gasteiger partial charge on any atom is -0.493 e. The van der Waals surface area contributed by atoms with E-state index in [-0.39, 0.29) is 24.4 Å². The lowest BCUT2D eigenvalue weighted by atomic mass is 10.1. The summed E-state index contributed by atoms with van der Waals surface area (Å²) in [7, 11) is 0. The van der Waals surface area contributed by atoms with Gasteiger partial charge in [-0.25, -0.2) is 4.39 Å². The lowest BCUT2D eigenvalue weighted by Gasteiger charge is -2.33. The highest BCUT2D eigenvalue weighted by Gasteiger charge is 2.25. The second kappa shape index (κ2) is 7.93. The monoisotopic (exact) mass is 329 g/mol. The molecule has 5 heteroatoms. The molecule has 24 heavy (non-hydrogen) atoms. The number of benzene rings is 2. The number of hydrogen-bond donors (Lipinski definition) is 0. The number of nitrogens with zero attached hydrogens (tertiary/aromatic N) is 1. The van der Waals surface area contributed by atoms with Crippen molar-refractivity contribution in [3.05, 3.63) is 66.0 Å². The third kappa shape index (κ3) is 4.32. The molecule has 1 fully saturated rings. The molecule has 0 bridgehead atoms. The summed E-state index contributed by atoms with van der Waals surface area (Å²) in [4.78, 5) is 14.2. The lowest BCUT2D eigenvalue weighted by Crippen LogP contribution is -2.42. The van der Waals surface area contributed by atoms with Crippen LogP contribution in [0.4, 0.5) is 4.39 Å². The zero-order chi connectivity index (χ0) is 16.8. The first-order chi connectivity index (χ1) is 11.7. The van der Waals surface area contributed by atoms with E-state index in [1.165, 1.54) is 12.1 Å². The van der Waals surface area contributed by atoms with Crippen molar-refractivity contribution >= 4 is 5.91 Å². The second-order valence-electron chi connectivity index (χ2n) is 5.66. The quantitative estimate of drug-likeness (QED) is 0.845. The van der Waals surface area contributed by atoms with E-state index in [1.54, 1.807) is 12.1 Å². The molecule has 1 heterocycles. The Balaban J connectivity index is 1.48. The van der Waals surface area contributed by atoms with E-state index in [1.807, 2.05) is 35.2 Å². The molecule has 0 saturated carbocycles. The minimum absolute atomic E-state index is 0.0429. The fourth-order valence-corrected chi connectivity index (χ4v) is 2.69. The van der Waals surface area contributed by atoms with Crippen molar-refractivity contribution in [3.8, 4) is 5.75 Å². The maximum Gasteiger partial charge on any atom is 0.226 e.